The molecule has 1 heterocycles. The monoisotopic (exact) mass is 210 g/mol. The van der Waals surface area contributed by atoms with Crippen molar-refractivity contribution in [3.05, 3.63) is 29.5 Å². The Morgan fingerprint density at radius 1 is 1.64 bits per heavy atom. The quantitative estimate of drug-likeness (QED) is 0.779. The Morgan fingerprint density at radius 2 is 2.36 bits per heavy atom. The van der Waals surface area contributed by atoms with E-state index < -0.39 is 0 Å². The predicted octanol–water partition coefficient (Wildman–Crippen LogP) is 3.00. The van der Waals surface area contributed by atoms with Gasteiger partial charge in [-0.3, -0.25) is 0 Å². The Bertz CT molecular complexity index is 325. The van der Waals surface area contributed by atoms with Crippen LogP contribution in [0.4, 0.5) is 5.82 Å². The lowest BCUT2D eigenvalue weighted by Gasteiger charge is -2.08. The number of nitrogens with zero attached hydrogens (tertiary/aromatic N) is 1. The molecule has 0 atom stereocenters. The normalized spacial score (nSPS) is 11.8. The average Bonchev–Trinajstić information content (AvgIpc) is 2.14. The van der Waals surface area contributed by atoms with Gasteiger partial charge in [-0.15, -0.1) is 11.6 Å². The summed E-state index contributed by atoms with van der Waals surface area (Å²) < 4.78 is 0. The van der Waals surface area contributed by atoms with E-state index in [-0.39, 0.29) is 0 Å². The number of halogens is 1. The molecular formula is C11H15ClN2. The highest BCUT2D eigenvalue weighted by atomic mass is 35.5. The van der Waals surface area contributed by atoms with Gasteiger partial charge in [0.1, 0.15) is 5.82 Å². The molecule has 0 aromatic carbocycles. The standard InChI is InChI=1S/C11H15ClN2/c1-8(4-3-6-12)10-9(2)5-7-14-11(10)13/h4-5,7H,3,6H2,1-2H3,(H2,13,14). The highest BCUT2D eigenvalue weighted by Crippen LogP contribution is 2.23. The molecule has 0 fully saturated rings. The fraction of sp³-hybridized carbons (Fsp3) is 0.364. The summed E-state index contributed by atoms with van der Waals surface area (Å²) in [5.74, 6) is 1.23. The van der Waals surface area contributed by atoms with Gasteiger partial charge < -0.3 is 5.73 Å². The fourth-order valence-corrected chi connectivity index (χ4v) is 1.57. The van der Waals surface area contributed by atoms with Crippen molar-refractivity contribution in [3.8, 4) is 0 Å². The van der Waals surface area contributed by atoms with E-state index in [4.69, 9.17) is 17.3 Å². The Morgan fingerprint density at radius 3 is 2.93 bits per heavy atom. The molecule has 0 spiro atoms. The van der Waals surface area contributed by atoms with Crippen LogP contribution in [0.3, 0.4) is 0 Å². The van der Waals surface area contributed by atoms with Crippen LogP contribution >= 0.6 is 11.6 Å². The van der Waals surface area contributed by atoms with E-state index in [1.165, 1.54) is 0 Å². The first-order valence-electron chi connectivity index (χ1n) is 4.61. The molecule has 1 aromatic rings. The van der Waals surface area contributed by atoms with Gasteiger partial charge in [-0.2, -0.15) is 0 Å². The molecule has 2 nitrogen and oxygen atoms in total. The van der Waals surface area contributed by atoms with Crippen molar-refractivity contribution in [3.63, 3.8) is 0 Å². The summed E-state index contributed by atoms with van der Waals surface area (Å²) in [7, 11) is 0. The largest absolute Gasteiger partial charge is 0.383 e. The summed E-state index contributed by atoms with van der Waals surface area (Å²) in [5.41, 5.74) is 9.15. The minimum absolute atomic E-state index is 0.591. The first-order chi connectivity index (χ1) is 6.66. The lowest BCUT2D eigenvalue weighted by atomic mass is 10.0. The molecule has 76 valence electrons. The SMILES string of the molecule is CC(=CCCCl)c1c(C)ccnc1N. The number of anilines is 1. The van der Waals surface area contributed by atoms with Gasteiger partial charge in [0, 0.05) is 17.6 Å². The number of aromatic nitrogens is 1. The Labute approximate surface area is 89.8 Å². The van der Waals surface area contributed by atoms with Gasteiger partial charge in [0.15, 0.2) is 0 Å². The van der Waals surface area contributed by atoms with Gasteiger partial charge >= 0.3 is 0 Å². The van der Waals surface area contributed by atoms with Gasteiger partial charge in [0.25, 0.3) is 0 Å². The minimum Gasteiger partial charge on any atom is -0.383 e. The first-order valence-corrected chi connectivity index (χ1v) is 5.14. The third-order valence-electron chi connectivity index (χ3n) is 2.14. The maximum Gasteiger partial charge on any atom is 0.131 e. The number of rotatable bonds is 3. The van der Waals surface area contributed by atoms with E-state index in [9.17, 15) is 0 Å². The van der Waals surface area contributed by atoms with Crippen LogP contribution in [-0.4, -0.2) is 10.9 Å². The third kappa shape index (κ3) is 2.48. The molecule has 0 aliphatic rings. The molecule has 0 bridgehead atoms. The van der Waals surface area contributed by atoms with E-state index in [0.717, 1.165) is 23.1 Å². The highest BCUT2D eigenvalue weighted by Gasteiger charge is 2.04. The molecule has 3 heteroatoms. The Kier molecular flexibility index (Phi) is 3.96. The van der Waals surface area contributed by atoms with Crippen molar-refractivity contribution >= 4 is 23.0 Å². The number of hydrogen-bond acceptors (Lipinski definition) is 2. The number of alkyl halides is 1. The number of nitrogens with two attached hydrogens (primary N) is 1. The zero-order chi connectivity index (χ0) is 10.6. The van der Waals surface area contributed by atoms with Crippen LogP contribution in [-0.2, 0) is 0 Å². The fourth-order valence-electron chi connectivity index (χ4n) is 1.47. The van der Waals surface area contributed by atoms with Crippen molar-refractivity contribution in [1.82, 2.24) is 4.98 Å². The molecule has 1 aromatic heterocycles. The zero-order valence-corrected chi connectivity index (χ0v) is 9.30. The Hall–Kier alpha value is -1.02. The van der Waals surface area contributed by atoms with Crippen LogP contribution in [0.25, 0.3) is 5.57 Å². The molecule has 14 heavy (non-hydrogen) atoms. The number of hydrogen-bond donors (Lipinski definition) is 1. The van der Waals surface area contributed by atoms with E-state index in [1.807, 2.05) is 19.9 Å². The number of aryl methyl sites for hydroxylation is 1. The van der Waals surface area contributed by atoms with Crippen LogP contribution in [0.5, 0.6) is 0 Å². The van der Waals surface area contributed by atoms with Crippen molar-refractivity contribution < 1.29 is 0 Å². The van der Waals surface area contributed by atoms with E-state index in [1.54, 1.807) is 6.20 Å². The van der Waals surface area contributed by atoms with Crippen molar-refractivity contribution in [2.45, 2.75) is 20.3 Å². The topological polar surface area (TPSA) is 38.9 Å². The molecule has 1 rings (SSSR count). The molecule has 0 aliphatic heterocycles. The summed E-state index contributed by atoms with van der Waals surface area (Å²) >= 11 is 5.62. The molecule has 0 aliphatic carbocycles. The van der Waals surface area contributed by atoms with E-state index in [2.05, 4.69) is 11.1 Å². The lowest BCUT2D eigenvalue weighted by Crippen LogP contribution is -1.98. The zero-order valence-electron chi connectivity index (χ0n) is 8.55. The minimum atomic E-state index is 0.591. The smallest absolute Gasteiger partial charge is 0.131 e. The average molecular weight is 211 g/mol. The molecule has 0 saturated carbocycles. The van der Waals surface area contributed by atoms with Gasteiger partial charge in [-0.25, -0.2) is 4.98 Å². The lowest BCUT2D eigenvalue weighted by molar-refractivity contribution is 1.22. The van der Waals surface area contributed by atoms with Crippen molar-refractivity contribution in [2.24, 2.45) is 0 Å². The number of nitrogen functional groups attached to an aromatic ring is 1. The van der Waals surface area contributed by atoms with Crippen LogP contribution in [0.2, 0.25) is 0 Å². The van der Waals surface area contributed by atoms with Crippen molar-refractivity contribution in [1.29, 1.82) is 0 Å². The van der Waals surface area contributed by atoms with Crippen LogP contribution < -0.4 is 5.73 Å². The predicted molar refractivity (Wildman–Crippen MR) is 62.4 cm³/mol. The second-order valence-electron chi connectivity index (χ2n) is 3.25. The Balaban J connectivity index is 3.05. The van der Waals surface area contributed by atoms with Crippen LogP contribution in [0, 0.1) is 6.92 Å². The number of allylic oxidation sites excluding steroid dienone is 2. The van der Waals surface area contributed by atoms with Gasteiger partial charge in [0.05, 0.1) is 0 Å². The van der Waals surface area contributed by atoms with E-state index >= 15 is 0 Å². The second-order valence-corrected chi connectivity index (χ2v) is 3.63. The van der Waals surface area contributed by atoms with Gasteiger partial charge in [-0.1, -0.05) is 6.08 Å². The molecular weight excluding hydrogens is 196 g/mol. The third-order valence-corrected chi connectivity index (χ3v) is 2.36. The summed E-state index contributed by atoms with van der Waals surface area (Å²) in [6.07, 6.45) is 4.68. The van der Waals surface area contributed by atoms with Gasteiger partial charge in [-0.05, 0) is 37.5 Å². The summed E-state index contributed by atoms with van der Waals surface area (Å²) in [6.45, 7) is 4.07. The van der Waals surface area contributed by atoms with Crippen molar-refractivity contribution in [2.75, 3.05) is 11.6 Å². The van der Waals surface area contributed by atoms with E-state index in [0.29, 0.717) is 11.7 Å². The summed E-state index contributed by atoms with van der Waals surface area (Å²) in [4.78, 5) is 4.07. The first kappa shape index (κ1) is 11.1. The highest BCUT2D eigenvalue weighted by molar-refractivity contribution is 6.18. The molecule has 0 saturated heterocycles. The summed E-state index contributed by atoms with van der Waals surface area (Å²) in [5, 5.41) is 0. The second kappa shape index (κ2) is 5.01. The maximum atomic E-state index is 5.81. The van der Waals surface area contributed by atoms with Gasteiger partial charge in [0.2, 0.25) is 0 Å². The van der Waals surface area contributed by atoms with Crippen LogP contribution in [0.1, 0.15) is 24.5 Å². The molecule has 2 N–H and O–H groups in total. The molecule has 0 amide bonds. The maximum absolute atomic E-state index is 5.81. The molecule has 0 radical (unpaired) electrons. The van der Waals surface area contributed by atoms with Crippen LogP contribution in [0.15, 0.2) is 18.3 Å². The molecule has 0 unspecified atom stereocenters. The number of pyridine rings is 1. The summed E-state index contributed by atoms with van der Waals surface area (Å²) in [6, 6.07) is 1.96.